The molecule has 0 spiro atoms. The van der Waals surface area contributed by atoms with E-state index in [4.69, 9.17) is 4.74 Å². The molecule has 0 aliphatic carbocycles. The first-order chi connectivity index (χ1) is 8.67. The normalized spacial score (nSPS) is 12.7. The Morgan fingerprint density at radius 1 is 1.28 bits per heavy atom. The monoisotopic (exact) mass is 267 g/mol. The molecule has 0 amide bonds. The van der Waals surface area contributed by atoms with E-state index < -0.39 is 0 Å². The number of benzene rings is 1. The van der Waals surface area contributed by atoms with Crippen molar-refractivity contribution in [1.29, 1.82) is 0 Å². The van der Waals surface area contributed by atoms with E-state index in [-0.39, 0.29) is 0 Å². The van der Waals surface area contributed by atoms with Crippen molar-refractivity contribution in [3.63, 3.8) is 0 Å². The van der Waals surface area contributed by atoms with E-state index >= 15 is 0 Å². The van der Waals surface area contributed by atoms with Crippen LogP contribution in [0.4, 0.5) is 0 Å². The molecule has 1 N–H and O–H groups in total. The Hall–Kier alpha value is -0.670. The van der Waals surface area contributed by atoms with Gasteiger partial charge in [-0.3, -0.25) is 0 Å². The van der Waals surface area contributed by atoms with Gasteiger partial charge in [0.1, 0.15) is 5.75 Å². The number of rotatable bonds is 8. The number of hydrogen-bond acceptors (Lipinski definition) is 3. The van der Waals surface area contributed by atoms with Crippen molar-refractivity contribution < 1.29 is 4.74 Å². The lowest BCUT2D eigenvalue weighted by molar-refractivity contribution is 0.339. The zero-order valence-electron chi connectivity index (χ0n) is 11.9. The summed E-state index contributed by atoms with van der Waals surface area (Å²) in [7, 11) is 2.02. The topological polar surface area (TPSA) is 21.3 Å². The van der Waals surface area contributed by atoms with Crippen LogP contribution in [-0.4, -0.2) is 25.2 Å². The van der Waals surface area contributed by atoms with Gasteiger partial charge in [-0.25, -0.2) is 0 Å². The second kappa shape index (κ2) is 8.44. The summed E-state index contributed by atoms with van der Waals surface area (Å²) in [5, 5.41) is 3.39. The van der Waals surface area contributed by atoms with Gasteiger partial charge < -0.3 is 10.1 Å². The van der Waals surface area contributed by atoms with Crippen molar-refractivity contribution in [3.8, 4) is 5.75 Å². The van der Waals surface area contributed by atoms with Gasteiger partial charge in [-0.15, -0.1) is 0 Å². The Labute approximate surface area is 116 Å². The second-order valence-electron chi connectivity index (χ2n) is 4.78. The first-order valence-electron chi connectivity index (χ1n) is 6.65. The minimum absolute atomic E-state index is 0.397. The van der Waals surface area contributed by atoms with Crippen LogP contribution in [0.2, 0.25) is 0 Å². The van der Waals surface area contributed by atoms with Crippen LogP contribution in [0.3, 0.4) is 0 Å². The SMILES string of the molecule is CCOc1cccc(C(CSCC(C)C)NC)c1. The van der Waals surface area contributed by atoms with Crippen LogP contribution in [0.15, 0.2) is 24.3 Å². The van der Waals surface area contributed by atoms with E-state index in [1.807, 2.05) is 31.8 Å². The summed E-state index contributed by atoms with van der Waals surface area (Å²) in [5.41, 5.74) is 1.31. The lowest BCUT2D eigenvalue weighted by Gasteiger charge is -2.17. The van der Waals surface area contributed by atoms with Gasteiger partial charge in [-0.05, 0) is 43.3 Å². The Kier molecular flexibility index (Phi) is 7.21. The molecule has 1 atom stereocenters. The number of nitrogens with one attached hydrogen (secondary N) is 1. The molecule has 1 rings (SSSR count). The molecule has 0 saturated heterocycles. The predicted molar refractivity (Wildman–Crippen MR) is 81.6 cm³/mol. The Bertz CT molecular complexity index is 341. The summed E-state index contributed by atoms with van der Waals surface area (Å²) in [6.07, 6.45) is 0. The first-order valence-corrected chi connectivity index (χ1v) is 7.80. The molecule has 1 unspecified atom stereocenters. The average Bonchev–Trinajstić information content (AvgIpc) is 2.35. The minimum Gasteiger partial charge on any atom is -0.494 e. The lowest BCUT2D eigenvalue weighted by Crippen LogP contribution is -2.19. The number of ether oxygens (including phenoxy) is 1. The van der Waals surface area contributed by atoms with Gasteiger partial charge in [0.25, 0.3) is 0 Å². The van der Waals surface area contributed by atoms with Crippen LogP contribution < -0.4 is 10.1 Å². The fourth-order valence-electron chi connectivity index (χ4n) is 1.76. The third-order valence-electron chi connectivity index (χ3n) is 2.66. The van der Waals surface area contributed by atoms with E-state index in [1.54, 1.807) is 0 Å². The Balaban J connectivity index is 2.60. The molecule has 0 fully saturated rings. The Morgan fingerprint density at radius 3 is 2.67 bits per heavy atom. The third-order valence-corrected chi connectivity index (χ3v) is 4.13. The summed E-state index contributed by atoms with van der Waals surface area (Å²) in [6.45, 7) is 7.25. The largest absolute Gasteiger partial charge is 0.494 e. The minimum atomic E-state index is 0.397. The fourth-order valence-corrected chi connectivity index (χ4v) is 2.96. The molecule has 2 nitrogen and oxygen atoms in total. The standard InChI is InChI=1S/C15H25NOS/c1-5-17-14-8-6-7-13(9-14)15(16-4)11-18-10-12(2)3/h6-9,12,15-16H,5,10-11H2,1-4H3. The van der Waals surface area contributed by atoms with Crippen molar-refractivity contribution in [2.45, 2.75) is 26.8 Å². The molecule has 0 aliphatic heterocycles. The lowest BCUT2D eigenvalue weighted by atomic mass is 10.1. The van der Waals surface area contributed by atoms with Crippen molar-refractivity contribution in [3.05, 3.63) is 29.8 Å². The van der Waals surface area contributed by atoms with Gasteiger partial charge in [-0.1, -0.05) is 26.0 Å². The van der Waals surface area contributed by atoms with Crippen molar-refractivity contribution >= 4 is 11.8 Å². The van der Waals surface area contributed by atoms with Crippen LogP contribution in [0.1, 0.15) is 32.4 Å². The number of thioether (sulfide) groups is 1. The van der Waals surface area contributed by atoms with E-state index in [0.717, 1.165) is 24.0 Å². The van der Waals surface area contributed by atoms with Crippen LogP contribution in [0.25, 0.3) is 0 Å². The number of hydrogen-bond donors (Lipinski definition) is 1. The molecule has 0 aliphatic rings. The highest BCUT2D eigenvalue weighted by atomic mass is 32.2. The molecule has 0 heterocycles. The quantitative estimate of drug-likeness (QED) is 0.775. The van der Waals surface area contributed by atoms with Crippen molar-refractivity contribution in [2.75, 3.05) is 25.2 Å². The molecule has 1 aromatic rings. The maximum Gasteiger partial charge on any atom is 0.119 e. The second-order valence-corrected chi connectivity index (χ2v) is 5.85. The molecular formula is C15H25NOS. The molecule has 102 valence electrons. The van der Waals surface area contributed by atoms with Gasteiger partial charge in [0.05, 0.1) is 6.61 Å². The molecule has 0 radical (unpaired) electrons. The maximum absolute atomic E-state index is 5.55. The highest BCUT2D eigenvalue weighted by Gasteiger charge is 2.10. The summed E-state index contributed by atoms with van der Waals surface area (Å²) >= 11 is 2.00. The average molecular weight is 267 g/mol. The zero-order chi connectivity index (χ0) is 13.4. The highest BCUT2D eigenvalue weighted by molar-refractivity contribution is 7.99. The van der Waals surface area contributed by atoms with Gasteiger partial charge in [0.15, 0.2) is 0 Å². The molecule has 0 bridgehead atoms. The molecule has 0 aromatic heterocycles. The van der Waals surface area contributed by atoms with E-state index in [0.29, 0.717) is 6.04 Å². The fraction of sp³-hybridized carbons (Fsp3) is 0.600. The zero-order valence-corrected chi connectivity index (χ0v) is 12.7. The molecule has 0 saturated carbocycles. The summed E-state index contributed by atoms with van der Waals surface area (Å²) in [5.74, 6) is 4.03. The molecular weight excluding hydrogens is 242 g/mol. The highest BCUT2D eigenvalue weighted by Crippen LogP contribution is 2.23. The predicted octanol–water partition coefficient (Wildman–Crippen LogP) is 3.74. The first kappa shape index (κ1) is 15.4. The Morgan fingerprint density at radius 2 is 2.06 bits per heavy atom. The van der Waals surface area contributed by atoms with E-state index in [1.165, 1.54) is 11.3 Å². The van der Waals surface area contributed by atoms with Gasteiger partial charge in [0, 0.05) is 11.8 Å². The van der Waals surface area contributed by atoms with Gasteiger partial charge in [0.2, 0.25) is 0 Å². The van der Waals surface area contributed by atoms with E-state index in [2.05, 4.69) is 37.4 Å². The van der Waals surface area contributed by atoms with Crippen LogP contribution in [-0.2, 0) is 0 Å². The van der Waals surface area contributed by atoms with Crippen molar-refractivity contribution in [2.24, 2.45) is 5.92 Å². The summed E-state index contributed by atoms with van der Waals surface area (Å²) < 4.78 is 5.55. The van der Waals surface area contributed by atoms with Crippen molar-refractivity contribution in [1.82, 2.24) is 5.32 Å². The van der Waals surface area contributed by atoms with Crippen LogP contribution in [0.5, 0.6) is 5.75 Å². The smallest absolute Gasteiger partial charge is 0.119 e. The van der Waals surface area contributed by atoms with E-state index in [9.17, 15) is 0 Å². The summed E-state index contributed by atoms with van der Waals surface area (Å²) in [6, 6.07) is 8.79. The van der Waals surface area contributed by atoms with Gasteiger partial charge >= 0.3 is 0 Å². The van der Waals surface area contributed by atoms with Crippen LogP contribution in [0, 0.1) is 5.92 Å². The van der Waals surface area contributed by atoms with Crippen LogP contribution >= 0.6 is 11.8 Å². The molecule has 1 aromatic carbocycles. The maximum atomic E-state index is 5.55. The molecule has 3 heteroatoms. The third kappa shape index (κ3) is 5.32. The summed E-state index contributed by atoms with van der Waals surface area (Å²) in [4.78, 5) is 0. The van der Waals surface area contributed by atoms with Gasteiger partial charge in [-0.2, -0.15) is 11.8 Å². The molecule has 18 heavy (non-hydrogen) atoms.